The van der Waals surface area contributed by atoms with Gasteiger partial charge >= 0.3 is 0 Å². The largest absolute Gasteiger partial charge is 0.314 e. The predicted octanol–water partition coefficient (Wildman–Crippen LogP) is 4.49. The zero-order chi connectivity index (χ0) is 12.8. The van der Waals surface area contributed by atoms with Crippen molar-refractivity contribution in [1.82, 2.24) is 5.32 Å². The first-order valence-corrected chi connectivity index (χ1v) is 8.52. The molecule has 0 saturated heterocycles. The summed E-state index contributed by atoms with van der Waals surface area (Å²) in [7, 11) is 0. The molecule has 1 aromatic heterocycles. The van der Waals surface area contributed by atoms with Crippen LogP contribution in [0.25, 0.3) is 0 Å². The van der Waals surface area contributed by atoms with E-state index in [1.54, 1.807) is 5.56 Å². The van der Waals surface area contributed by atoms with Gasteiger partial charge < -0.3 is 5.32 Å². The molecule has 18 heavy (non-hydrogen) atoms. The SMILES string of the molecule is CCCC1CCC(NCC)C(Cc2ccsc2)C1. The van der Waals surface area contributed by atoms with Crippen molar-refractivity contribution < 1.29 is 0 Å². The van der Waals surface area contributed by atoms with Crippen LogP contribution in [0.1, 0.15) is 51.5 Å². The molecule has 1 N–H and O–H groups in total. The summed E-state index contributed by atoms with van der Waals surface area (Å²) in [5.41, 5.74) is 1.55. The standard InChI is InChI=1S/C16H27NS/c1-3-5-13-6-7-16(17-4-2)15(10-13)11-14-8-9-18-12-14/h8-9,12-13,15-17H,3-7,10-11H2,1-2H3. The third-order valence-electron chi connectivity index (χ3n) is 4.33. The molecule has 2 rings (SSSR count). The third kappa shape index (κ3) is 3.83. The van der Waals surface area contributed by atoms with Crippen LogP contribution in [0.2, 0.25) is 0 Å². The van der Waals surface area contributed by atoms with Gasteiger partial charge in [0, 0.05) is 6.04 Å². The molecule has 0 amide bonds. The molecular formula is C16H27NS. The van der Waals surface area contributed by atoms with Gasteiger partial charge in [0.1, 0.15) is 0 Å². The fraction of sp³-hybridized carbons (Fsp3) is 0.750. The normalized spacial score (nSPS) is 28.4. The molecular weight excluding hydrogens is 238 g/mol. The summed E-state index contributed by atoms with van der Waals surface area (Å²) in [6.45, 7) is 5.67. The zero-order valence-corrected chi connectivity index (χ0v) is 12.6. The quantitative estimate of drug-likeness (QED) is 0.799. The predicted molar refractivity (Wildman–Crippen MR) is 81.2 cm³/mol. The van der Waals surface area contributed by atoms with Crippen molar-refractivity contribution in [1.29, 1.82) is 0 Å². The van der Waals surface area contributed by atoms with Gasteiger partial charge in [0.25, 0.3) is 0 Å². The van der Waals surface area contributed by atoms with Crippen molar-refractivity contribution in [3.05, 3.63) is 22.4 Å². The Labute approximate surface area is 116 Å². The number of hydrogen-bond acceptors (Lipinski definition) is 2. The lowest BCUT2D eigenvalue weighted by Gasteiger charge is -2.36. The number of hydrogen-bond donors (Lipinski definition) is 1. The van der Waals surface area contributed by atoms with Crippen LogP contribution >= 0.6 is 11.3 Å². The van der Waals surface area contributed by atoms with Gasteiger partial charge in [0.05, 0.1) is 0 Å². The highest BCUT2D eigenvalue weighted by Crippen LogP contribution is 2.34. The molecule has 3 unspecified atom stereocenters. The van der Waals surface area contributed by atoms with Crippen molar-refractivity contribution >= 4 is 11.3 Å². The van der Waals surface area contributed by atoms with E-state index in [0.717, 1.165) is 24.4 Å². The van der Waals surface area contributed by atoms with Gasteiger partial charge in [-0.3, -0.25) is 0 Å². The highest BCUT2D eigenvalue weighted by Gasteiger charge is 2.29. The molecule has 0 bridgehead atoms. The molecule has 1 saturated carbocycles. The Balaban J connectivity index is 1.95. The van der Waals surface area contributed by atoms with Gasteiger partial charge in [-0.05, 0) is 66.5 Å². The van der Waals surface area contributed by atoms with Gasteiger partial charge in [-0.15, -0.1) is 0 Å². The van der Waals surface area contributed by atoms with E-state index < -0.39 is 0 Å². The maximum absolute atomic E-state index is 3.71. The van der Waals surface area contributed by atoms with Crippen LogP contribution in [0, 0.1) is 11.8 Å². The lowest BCUT2D eigenvalue weighted by atomic mass is 9.74. The van der Waals surface area contributed by atoms with E-state index in [1.165, 1.54) is 38.5 Å². The van der Waals surface area contributed by atoms with Crippen molar-refractivity contribution in [3.8, 4) is 0 Å². The van der Waals surface area contributed by atoms with Crippen LogP contribution < -0.4 is 5.32 Å². The maximum Gasteiger partial charge on any atom is 0.00985 e. The molecule has 0 spiro atoms. The Morgan fingerprint density at radius 3 is 2.89 bits per heavy atom. The first-order chi connectivity index (χ1) is 8.83. The number of thiophene rings is 1. The van der Waals surface area contributed by atoms with Crippen LogP contribution in [0.3, 0.4) is 0 Å². The fourth-order valence-corrected chi connectivity index (χ4v) is 4.18. The summed E-state index contributed by atoms with van der Waals surface area (Å²) in [5.74, 6) is 1.83. The fourth-order valence-electron chi connectivity index (χ4n) is 3.50. The molecule has 0 aliphatic heterocycles. The molecule has 2 heteroatoms. The Kier molecular flexibility index (Phi) is 5.71. The lowest BCUT2D eigenvalue weighted by molar-refractivity contribution is 0.195. The van der Waals surface area contributed by atoms with E-state index >= 15 is 0 Å². The van der Waals surface area contributed by atoms with E-state index in [1.807, 2.05) is 11.3 Å². The van der Waals surface area contributed by atoms with Gasteiger partial charge in [0.15, 0.2) is 0 Å². The van der Waals surface area contributed by atoms with E-state index in [2.05, 4.69) is 36.0 Å². The highest BCUT2D eigenvalue weighted by atomic mass is 32.1. The highest BCUT2D eigenvalue weighted by molar-refractivity contribution is 7.07. The van der Waals surface area contributed by atoms with E-state index in [4.69, 9.17) is 0 Å². The Morgan fingerprint density at radius 1 is 1.33 bits per heavy atom. The molecule has 0 radical (unpaired) electrons. The molecule has 1 fully saturated rings. The minimum Gasteiger partial charge on any atom is -0.314 e. The zero-order valence-electron chi connectivity index (χ0n) is 11.8. The summed E-state index contributed by atoms with van der Waals surface area (Å²) in [6, 6.07) is 3.06. The first kappa shape index (κ1) is 14.1. The first-order valence-electron chi connectivity index (χ1n) is 7.57. The summed E-state index contributed by atoms with van der Waals surface area (Å²) < 4.78 is 0. The van der Waals surface area contributed by atoms with Gasteiger partial charge in [-0.1, -0.05) is 26.7 Å². The summed E-state index contributed by atoms with van der Waals surface area (Å²) in [5, 5.41) is 8.25. The lowest BCUT2D eigenvalue weighted by Crippen LogP contribution is -2.41. The van der Waals surface area contributed by atoms with E-state index in [0.29, 0.717) is 0 Å². The van der Waals surface area contributed by atoms with Crippen LogP contribution in [-0.2, 0) is 6.42 Å². The monoisotopic (exact) mass is 265 g/mol. The molecule has 1 nitrogen and oxygen atoms in total. The van der Waals surface area contributed by atoms with E-state index in [9.17, 15) is 0 Å². The minimum absolute atomic E-state index is 0.753. The van der Waals surface area contributed by atoms with Crippen LogP contribution in [0.4, 0.5) is 0 Å². The summed E-state index contributed by atoms with van der Waals surface area (Å²) in [4.78, 5) is 0. The summed E-state index contributed by atoms with van der Waals surface area (Å²) in [6.07, 6.45) is 8.31. The molecule has 3 atom stereocenters. The topological polar surface area (TPSA) is 12.0 Å². The molecule has 1 heterocycles. The third-order valence-corrected chi connectivity index (χ3v) is 5.06. The molecule has 1 aliphatic rings. The number of rotatable bonds is 6. The maximum atomic E-state index is 3.71. The van der Waals surface area contributed by atoms with Crippen LogP contribution in [0.5, 0.6) is 0 Å². The average molecular weight is 265 g/mol. The van der Waals surface area contributed by atoms with Crippen LogP contribution in [0.15, 0.2) is 16.8 Å². The van der Waals surface area contributed by atoms with E-state index in [-0.39, 0.29) is 0 Å². The molecule has 1 aliphatic carbocycles. The summed E-state index contributed by atoms with van der Waals surface area (Å²) >= 11 is 1.83. The molecule has 1 aromatic rings. The minimum atomic E-state index is 0.753. The molecule has 0 aromatic carbocycles. The second-order valence-electron chi connectivity index (χ2n) is 5.73. The Bertz CT molecular complexity index is 320. The van der Waals surface area contributed by atoms with Crippen molar-refractivity contribution in [2.45, 2.75) is 58.4 Å². The smallest absolute Gasteiger partial charge is 0.00985 e. The Morgan fingerprint density at radius 2 is 2.22 bits per heavy atom. The second-order valence-corrected chi connectivity index (χ2v) is 6.51. The second kappa shape index (κ2) is 7.30. The van der Waals surface area contributed by atoms with Gasteiger partial charge in [-0.2, -0.15) is 11.3 Å². The molecule has 102 valence electrons. The van der Waals surface area contributed by atoms with Gasteiger partial charge in [0.2, 0.25) is 0 Å². The van der Waals surface area contributed by atoms with Crippen molar-refractivity contribution in [2.24, 2.45) is 11.8 Å². The van der Waals surface area contributed by atoms with Crippen molar-refractivity contribution in [2.75, 3.05) is 6.54 Å². The Hall–Kier alpha value is -0.340. The number of nitrogens with one attached hydrogen (secondary N) is 1. The van der Waals surface area contributed by atoms with Gasteiger partial charge in [-0.25, -0.2) is 0 Å². The average Bonchev–Trinajstić information content (AvgIpc) is 2.86. The van der Waals surface area contributed by atoms with Crippen molar-refractivity contribution in [3.63, 3.8) is 0 Å². The van der Waals surface area contributed by atoms with Crippen LogP contribution in [-0.4, -0.2) is 12.6 Å².